The minimum absolute atomic E-state index is 0.102. The lowest BCUT2D eigenvalue weighted by Gasteiger charge is -2.22. The van der Waals surface area contributed by atoms with Crippen LogP contribution in [0.2, 0.25) is 0 Å². The van der Waals surface area contributed by atoms with Crippen LogP contribution in [-0.4, -0.2) is 41.9 Å². The first kappa shape index (κ1) is 14.9. The summed E-state index contributed by atoms with van der Waals surface area (Å²) in [5.41, 5.74) is 0.194. The van der Waals surface area contributed by atoms with Crippen LogP contribution in [0, 0.1) is 17.0 Å². The van der Waals surface area contributed by atoms with Gasteiger partial charge in [0.25, 0.3) is 5.69 Å². The van der Waals surface area contributed by atoms with Crippen molar-refractivity contribution in [2.45, 2.75) is 30.7 Å². The highest BCUT2D eigenvalue weighted by atomic mass is 32.2. The van der Waals surface area contributed by atoms with Crippen LogP contribution >= 0.6 is 0 Å². The highest BCUT2D eigenvalue weighted by molar-refractivity contribution is 7.89. The van der Waals surface area contributed by atoms with Gasteiger partial charge in [-0.15, -0.1) is 0 Å². The molecule has 1 N–H and O–H groups in total. The second kappa shape index (κ2) is 5.47. The molecule has 1 aliphatic rings. The van der Waals surface area contributed by atoms with Crippen molar-refractivity contribution in [1.29, 1.82) is 0 Å². The minimum atomic E-state index is -3.80. The Morgan fingerprint density at radius 2 is 2.20 bits per heavy atom. The number of rotatable bonds is 4. The van der Waals surface area contributed by atoms with Crippen LogP contribution in [0.1, 0.15) is 18.4 Å². The van der Waals surface area contributed by atoms with Crippen molar-refractivity contribution in [1.82, 2.24) is 4.31 Å². The lowest BCUT2D eigenvalue weighted by Crippen LogP contribution is -2.37. The summed E-state index contributed by atoms with van der Waals surface area (Å²) in [6, 6.07) is 3.43. The van der Waals surface area contributed by atoms with Gasteiger partial charge in [-0.05, 0) is 25.8 Å². The van der Waals surface area contributed by atoms with Crippen LogP contribution in [0.3, 0.4) is 0 Å². The molecule has 1 heterocycles. The van der Waals surface area contributed by atoms with Crippen molar-refractivity contribution in [2.24, 2.45) is 0 Å². The topological polar surface area (TPSA) is 101 Å². The SMILES string of the molecule is Cc1ccc(S(=O)(=O)N2CCC[C@@H]2CO)cc1[N+](=O)[O-]. The summed E-state index contributed by atoms with van der Waals surface area (Å²) in [7, 11) is -3.80. The molecule has 1 aromatic carbocycles. The van der Waals surface area contributed by atoms with Crippen LogP contribution in [0.5, 0.6) is 0 Å². The molecule has 7 nitrogen and oxygen atoms in total. The zero-order valence-corrected chi connectivity index (χ0v) is 11.8. The Morgan fingerprint density at radius 3 is 2.80 bits per heavy atom. The Kier molecular flexibility index (Phi) is 4.07. The first-order chi connectivity index (χ1) is 9.37. The van der Waals surface area contributed by atoms with E-state index in [0.29, 0.717) is 24.9 Å². The number of sulfonamides is 1. The largest absolute Gasteiger partial charge is 0.395 e. The van der Waals surface area contributed by atoms with Gasteiger partial charge in [-0.2, -0.15) is 4.31 Å². The number of aryl methyl sites for hydroxylation is 1. The molecule has 1 aliphatic heterocycles. The molecule has 0 bridgehead atoms. The van der Waals surface area contributed by atoms with Gasteiger partial charge in [0.05, 0.1) is 16.4 Å². The van der Waals surface area contributed by atoms with Gasteiger partial charge in [0, 0.05) is 24.2 Å². The van der Waals surface area contributed by atoms with Gasteiger partial charge in [-0.25, -0.2) is 8.42 Å². The fraction of sp³-hybridized carbons (Fsp3) is 0.500. The number of benzene rings is 1. The third kappa shape index (κ3) is 2.54. The van der Waals surface area contributed by atoms with E-state index < -0.39 is 21.0 Å². The summed E-state index contributed by atoms with van der Waals surface area (Å²) in [6.07, 6.45) is 1.28. The normalized spacial score (nSPS) is 20.2. The Labute approximate surface area is 117 Å². The van der Waals surface area contributed by atoms with E-state index >= 15 is 0 Å². The van der Waals surface area contributed by atoms with Crippen molar-refractivity contribution in [2.75, 3.05) is 13.2 Å². The van der Waals surface area contributed by atoms with Gasteiger partial charge >= 0.3 is 0 Å². The fourth-order valence-corrected chi connectivity index (χ4v) is 4.10. The van der Waals surface area contributed by atoms with Crippen LogP contribution in [0.25, 0.3) is 0 Å². The zero-order valence-electron chi connectivity index (χ0n) is 11.0. The van der Waals surface area contributed by atoms with Gasteiger partial charge < -0.3 is 5.11 Å². The predicted octanol–water partition coefficient (Wildman–Crippen LogP) is 1.05. The van der Waals surface area contributed by atoms with Gasteiger partial charge in [0.1, 0.15) is 0 Å². The number of aliphatic hydroxyl groups is 1. The monoisotopic (exact) mass is 300 g/mol. The Morgan fingerprint density at radius 1 is 1.50 bits per heavy atom. The molecule has 1 saturated heterocycles. The molecule has 0 amide bonds. The summed E-state index contributed by atoms with van der Waals surface area (Å²) in [5.74, 6) is 0. The summed E-state index contributed by atoms with van der Waals surface area (Å²) in [5, 5.41) is 20.1. The molecule has 8 heteroatoms. The van der Waals surface area contributed by atoms with Crippen LogP contribution in [-0.2, 0) is 10.0 Å². The minimum Gasteiger partial charge on any atom is -0.395 e. The molecule has 1 aromatic rings. The number of aliphatic hydroxyl groups excluding tert-OH is 1. The Bertz CT molecular complexity index is 629. The number of hydrogen-bond acceptors (Lipinski definition) is 5. The zero-order chi connectivity index (χ0) is 14.9. The van der Waals surface area contributed by atoms with E-state index in [1.54, 1.807) is 6.92 Å². The lowest BCUT2D eigenvalue weighted by atomic mass is 10.2. The fourth-order valence-electron chi connectivity index (χ4n) is 2.39. The highest BCUT2D eigenvalue weighted by Crippen LogP contribution is 2.29. The smallest absolute Gasteiger partial charge is 0.273 e. The van der Waals surface area contributed by atoms with E-state index in [4.69, 9.17) is 0 Å². The maximum atomic E-state index is 12.5. The molecule has 1 atom stereocenters. The average molecular weight is 300 g/mol. The van der Waals surface area contributed by atoms with E-state index in [9.17, 15) is 23.6 Å². The molecule has 0 radical (unpaired) electrons. The third-order valence-corrected chi connectivity index (χ3v) is 5.47. The second-order valence-electron chi connectivity index (χ2n) is 4.80. The number of nitro groups is 1. The van der Waals surface area contributed by atoms with Crippen LogP contribution < -0.4 is 0 Å². The van der Waals surface area contributed by atoms with E-state index in [1.165, 1.54) is 16.4 Å². The quantitative estimate of drug-likeness (QED) is 0.661. The molecule has 0 spiro atoms. The van der Waals surface area contributed by atoms with E-state index in [1.807, 2.05) is 0 Å². The van der Waals surface area contributed by atoms with E-state index in [-0.39, 0.29) is 17.2 Å². The molecule has 0 saturated carbocycles. The van der Waals surface area contributed by atoms with E-state index in [2.05, 4.69) is 0 Å². The third-order valence-electron chi connectivity index (χ3n) is 3.52. The number of nitro benzene ring substituents is 1. The van der Waals surface area contributed by atoms with Crippen molar-refractivity contribution in [3.05, 3.63) is 33.9 Å². The van der Waals surface area contributed by atoms with Crippen molar-refractivity contribution in [3.8, 4) is 0 Å². The summed E-state index contributed by atoms with van der Waals surface area (Å²) >= 11 is 0. The standard InChI is InChI=1S/C12H16N2O5S/c1-9-4-5-11(7-12(9)14(16)17)20(18,19)13-6-2-3-10(13)8-15/h4-5,7,10,15H,2-3,6,8H2,1H3/t10-/m1/s1. The molecule has 1 fully saturated rings. The molecule has 110 valence electrons. The van der Waals surface area contributed by atoms with E-state index in [0.717, 1.165) is 6.07 Å². The van der Waals surface area contributed by atoms with Crippen molar-refractivity contribution in [3.63, 3.8) is 0 Å². The molecular weight excluding hydrogens is 284 g/mol. The summed E-state index contributed by atoms with van der Waals surface area (Å²) < 4.78 is 26.2. The van der Waals surface area contributed by atoms with Gasteiger partial charge in [-0.3, -0.25) is 10.1 Å². The average Bonchev–Trinajstić information content (AvgIpc) is 2.87. The van der Waals surface area contributed by atoms with Crippen molar-refractivity contribution < 1.29 is 18.4 Å². The van der Waals surface area contributed by atoms with Gasteiger partial charge in [0.2, 0.25) is 10.0 Å². The Balaban J connectivity index is 2.44. The molecule has 0 aromatic heterocycles. The molecular formula is C12H16N2O5S. The summed E-state index contributed by atoms with van der Waals surface area (Å²) in [6.45, 7) is 1.64. The highest BCUT2D eigenvalue weighted by Gasteiger charge is 2.35. The maximum absolute atomic E-state index is 12.5. The van der Waals surface area contributed by atoms with Crippen LogP contribution in [0.4, 0.5) is 5.69 Å². The molecule has 20 heavy (non-hydrogen) atoms. The van der Waals surface area contributed by atoms with Crippen LogP contribution in [0.15, 0.2) is 23.1 Å². The first-order valence-corrected chi connectivity index (χ1v) is 7.69. The lowest BCUT2D eigenvalue weighted by molar-refractivity contribution is -0.385. The number of nitrogens with zero attached hydrogens (tertiary/aromatic N) is 2. The summed E-state index contributed by atoms with van der Waals surface area (Å²) in [4.78, 5) is 10.2. The molecule has 0 aliphatic carbocycles. The van der Waals surface area contributed by atoms with Gasteiger partial charge in [-0.1, -0.05) is 6.07 Å². The van der Waals surface area contributed by atoms with Crippen molar-refractivity contribution >= 4 is 15.7 Å². The predicted molar refractivity (Wildman–Crippen MR) is 71.8 cm³/mol. The number of hydrogen-bond donors (Lipinski definition) is 1. The van der Waals surface area contributed by atoms with Gasteiger partial charge in [0.15, 0.2) is 0 Å². The Hall–Kier alpha value is -1.51. The first-order valence-electron chi connectivity index (χ1n) is 6.25. The second-order valence-corrected chi connectivity index (χ2v) is 6.69. The molecule has 2 rings (SSSR count). The maximum Gasteiger partial charge on any atom is 0.273 e. The molecule has 0 unspecified atom stereocenters.